The highest BCUT2D eigenvalue weighted by Crippen LogP contribution is 2.20. The second-order valence-corrected chi connectivity index (χ2v) is 3.28. The minimum absolute atomic E-state index is 0.263. The van der Waals surface area contributed by atoms with Gasteiger partial charge < -0.3 is 16.6 Å². The van der Waals surface area contributed by atoms with Crippen molar-refractivity contribution in [1.29, 1.82) is 0 Å². The third kappa shape index (κ3) is 2.23. The zero-order valence-corrected chi connectivity index (χ0v) is 8.16. The van der Waals surface area contributed by atoms with E-state index in [0.717, 1.165) is 0 Å². The van der Waals surface area contributed by atoms with Crippen molar-refractivity contribution in [2.24, 2.45) is 11.5 Å². The van der Waals surface area contributed by atoms with E-state index < -0.39 is 12.0 Å². The van der Waals surface area contributed by atoms with E-state index in [4.69, 9.17) is 28.2 Å². The molecule has 0 aliphatic rings. The lowest BCUT2D eigenvalue weighted by atomic mass is 10.0. The molecule has 0 radical (unpaired) electrons. The smallest absolute Gasteiger partial charge is 0.325 e. The third-order valence-corrected chi connectivity index (χ3v) is 2.28. The molecule has 1 atom stereocenters. The molecule has 0 saturated heterocycles. The van der Waals surface area contributed by atoms with Crippen LogP contribution in [0.5, 0.6) is 0 Å². The lowest BCUT2D eigenvalue weighted by Crippen LogP contribution is -2.20. The van der Waals surface area contributed by atoms with Crippen LogP contribution < -0.4 is 11.5 Å². The normalized spacial score (nSPS) is 12.5. The number of benzene rings is 1. The van der Waals surface area contributed by atoms with Crippen molar-refractivity contribution in [3.63, 3.8) is 0 Å². The highest BCUT2D eigenvalue weighted by atomic mass is 35.5. The largest absolute Gasteiger partial charge is 0.480 e. The maximum Gasteiger partial charge on any atom is 0.325 e. The van der Waals surface area contributed by atoms with Gasteiger partial charge in [-0.3, -0.25) is 4.79 Å². The van der Waals surface area contributed by atoms with Gasteiger partial charge in [-0.1, -0.05) is 23.7 Å². The summed E-state index contributed by atoms with van der Waals surface area (Å²) in [6.07, 6.45) is 0. The van der Waals surface area contributed by atoms with E-state index >= 15 is 0 Å². The summed E-state index contributed by atoms with van der Waals surface area (Å²) < 4.78 is 0. The van der Waals surface area contributed by atoms with Gasteiger partial charge in [0.25, 0.3) is 0 Å². The molecule has 76 valence electrons. The fourth-order valence-electron chi connectivity index (χ4n) is 1.09. The van der Waals surface area contributed by atoms with Crippen LogP contribution >= 0.6 is 11.6 Å². The second-order valence-electron chi connectivity index (χ2n) is 2.87. The van der Waals surface area contributed by atoms with E-state index in [1.807, 2.05) is 0 Å². The van der Waals surface area contributed by atoms with Crippen LogP contribution in [0, 0.1) is 0 Å². The number of halogens is 1. The number of nitrogens with two attached hydrogens (primary N) is 2. The Morgan fingerprint density at radius 3 is 2.71 bits per heavy atom. The fourth-order valence-corrected chi connectivity index (χ4v) is 1.28. The minimum atomic E-state index is -1.07. The molecule has 5 N–H and O–H groups in total. The summed E-state index contributed by atoms with van der Waals surface area (Å²) >= 11 is 5.81. The molecule has 0 fully saturated rings. The van der Waals surface area contributed by atoms with E-state index in [0.29, 0.717) is 16.1 Å². The van der Waals surface area contributed by atoms with Gasteiger partial charge in [0.05, 0.1) is 0 Å². The molecule has 1 rings (SSSR count). The summed E-state index contributed by atoms with van der Waals surface area (Å²) in [5.41, 5.74) is 12.0. The Labute approximate surface area is 86.5 Å². The summed E-state index contributed by atoms with van der Waals surface area (Å²) in [6, 6.07) is 3.76. The quantitative estimate of drug-likeness (QED) is 0.697. The number of hydrogen-bond donors (Lipinski definition) is 3. The Morgan fingerprint density at radius 1 is 1.57 bits per heavy atom. The van der Waals surface area contributed by atoms with E-state index in [-0.39, 0.29) is 6.54 Å². The zero-order valence-electron chi connectivity index (χ0n) is 7.40. The van der Waals surface area contributed by atoms with Gasteiger partial charge >= 0.3 is 5.97 Å². The molecule has 0 aromatic heterocycles. The molecular formula is C9H11ClN2O2. The highest BCUT2D eigenvalue weighted by Gasteiger charge is 2.14. The van der Waals surface area contributed by atoms with Crippen molar-refractivity contribution < 1.29 is 9.90 Å². The molecule has 0 bridgehead atoms. The van der Waals surface area contributed by atoms with Crippen molar-refractivity contribution in [3.05, 3.63) is 34.3 Å². The first-order valence-corrected chi connectivity index (χ1v) is 4.41. The maximum atomic E-state index is 10.6. The number of rotatable bonds is 3. The molecular weight excluding hydrogens is 204 g/mol. The van der Waals surface area contributed by atoms with E-state index in [9.17, 15) is 4.79 Å². The predicted molar refractivity (Wildman–Crippen MR) is 53.9 cm³/mol. The summed E-state index contributed by atoms with van der Waals surface area (Å²) in [5, 5.41) is 9.20. The average molecular weight is 215 g/mol. The van der Waals surface area contributed by atoms with E-state index in [1.54, 1.807) is 18.2 Å². The Morgan fingerprint density at radius 2 is 2.21 bits per heavy atom. The highest BCUT2D eigenvalue weighted by molar-refractivity contribution is 6.31. The lowest BCUT2D eigenvalue weighted by molar-refractivity contribution is -0.138. The van der Waals surface area contributed by atoms with Crippen LogP contribution in [0.1, 0.15) is 17.2 Å². The predicted octanol–water partition coefficient (Wildman–Crippen LogP) is 0.883. The Balaban J connectivity index is 3.06. The van der Waals surface area contributed by atoms with E-state index in [2.05, 4.69) is 0 Å². The first-order chi connectivity index (χ1) is 6.56. The summed E-state index contributed by atoms with van der Waals surface area (Å²) in [5.74, 6) is -1.07. The topological polar surface area (TPSA) is 89.3 Å². The van der Waals surface area contributed by atoms with Crippen LogP contribution in [0.4, 0.5) is 0 Å². The lowest BCUT2D eigenvalue weighted by Gasteiger charge is -2.09. The van der Waals surface area contributed by atoms with Gasteiger partial charge in [0.2, 0.25) is 0 Å². The molecule has 0 saturated carbocycles. The molecule has 0 heterocycles. The first-order valence-electron chi connectivity index (χ1n) is 4.03. The number of hydrogen-bond acceptors (Lipinski definition) is 3. The van der Waals surface area contributed by atoms with Crippen molar-refractivity contribution in [2.75, 3.05) is 0 Å². The molecule has 0 spiro atoms. The first kappa shape index (κ1) is 11.0. The Hall–Kier alpha value is -1.10. The second kappa shape index (κ2) is 4.41. The summed E-state index contributed by atoms with van der Waals surface area (Å²) in [4.78, 5) is 10.6. The van der Waals surface area contributed by atoms with Crippen molar-refractivity contribution in [3.8, 4) is 0 Å². The van der Waals surface area contributed by atoms with Gasteiger partial charge in [0.1, 0.15) is 6.04 Å². The zero-order chi connectivity index (χ0) is 10.7. The molecule has 4 nitrogen and oxygen atoms in total. The third-order valence-electron chi connectivity index (χ3n) is 1.91. The summed E-state index contributed by atoms with van der Waals surface area (Å²) in [7, 11) is 0. The minimum Gasteiger partial charge on any atom is -0.480 e. The van der Waals surface area contributed by atoms with Gasteiger partial charge in [-0.05, 0) is 17.2 Å². The number of carboxylic acid groups (broad SMARTS) is 1. The van der Waals surface area contributed by atoms with Gasteiger partial charge in [0, 0.05) is 11.6 Å². The van der Waals surface area contributed by atoms with Crippen molar-refractivity contribution >= 4 is 17.6 Å². The summed E-state index contributed by atoms with van der Waals surface area (Å²) in [6.45, 7) is 0.263. The van der Waals surface area contributed by atoms with Crippen LogP contribution in [-0.4, -0.2) is 11.1 Å². The van der Waals surface area contributed by atoms with Crippen molar-refractivity contribution in [2.45, 2.75) is 12.6 Å². The Kier molecular flexibility index (Phi) is 3.46. The molecule has 0 aliphatic carbocycles. The van der Waals surface area contributed by atoms with Crippen LogP contribution in [0.15, 0.2) is 18.2 Å². The van der Waals surface area contributed by atoms with E-state index in [1.165, 1.54) is 0 Å². The van der Waals surface area contributed by atoms with Crippen molar-refractivity contribution in [1.82, 2.24) is 0 Å². The number of carboxylic acids is 1. The van der Waals surface area contributed by atoms with Crippen LogP contribution in [-0.2, 0) is 11.3 Å². The monoisotopic (exact) mass is 214 g/mol. The van der Waals surface area contributed by atoms with Gasteiger partial charge in [-0.2, -0.15) is 0 Å². The molecule has 1 aromatic rings. The Bertz CT molecular complexity index is 355. The van der Waals surface area contributed by atoms with Crippen LogP contribution in [0.2, 0.25) is 5.02 Å². The maximum absolute atomic E-state index is 10.6. The molecule has 5 heteroatoms. The standard InChI is InChI=1S/C9H11ClN2O2/c10-7-2-1-5(3-6(7)4-11)8(12)9(13)14/h1-3,8H,4,11-12H2,(H,13,14). The average Bonchev–Trinajstić information content (AvgIpc) is 2.17. The van der Waals surface area contributed by atoms with Gasteiger partial charge in [-0.25, -0.2) is 0 Å². The number of carbonyl (C=O) groups is 1. The van der Waals surface area contributed by atoms with Gasteiger partial charge in [-0.15, -0.1) is 0 Å². The molecule has 1 aromatic carbocycles. The van der Waals surface area contributed by atoms with Crippen LogP contribution in [0.25, 0.3) is 0 Å². The molecule has 0 aliphatic heterocycles. The molecule has 14 heavy (non-hydrogen) atoms. The van der Waals surface area contributed by atoms with Gasteiger partial charge in [0.15, 0.2) is 0 Å². The van der Waals surface area contributed by atoms with Crippen LogP contribution in [0.3, 0.4) is 0 Å². The molecule has 0 amide bonds. The SMILES string of the molecule is NCc1cc(C(N)C(=O)O)ccc1Cl. The molecule has 1 unspecified atom stereocenters. The number of aliphatic carboxylic acids is 1. The fraction of sp³-hybridized carbons (Fsp3) is 0.222.